The summed E-state index contributed by atoms with van der Waals surface area (Å²) >= 11 is 5.96. The van der Waals surface area contributed by atoms with Gasteiger partial charge in [0.25, 0.3) is 10.0 Å². The van der Waals surface area contributed by atoms with Crippen molar-refractivity contribution in [3.63, 3.8) is 0 Å². The van der Waals surface area contributed by atoms with E-state index < -0.39 is 16.0 Å². The molecule has 0 aliphatic rings. The van der Waals surface area contributed by atoms with Crippen molar-refractivity contribution in [1.82, 2.24) is 4.98 Å². The maximum atomic E-state index is 12.5. The zero-order chi connectivity index (χ0) is 17.0. The van der Waals surface area contributed by atoms with Crippen molar-refractivity contribution in [2.24, 2.45) is 0 Å². The summed E-state index contributed by atoms with van der Waals surface area (Å²) in [5.74, 6) is -0.339. The Labute approximate surface area is 139 Å². The largest absolute Gasteiger partial charge is 0.469 e. The van der Waals surface area contributed by atoms with Crippen LogP contribution in [-0.4, -0.2) is 26.5 Å². The molecule has 0 bridgehead atoms. The molecule has 122 valence electrons. The third-order valence-electron chi connectivity index (χ3n) is 3.11. The van der Waals surface area contributed by atoms with Gasteiger partial charge in [0.15, 0.2) is 0 Å². The van der Waals surface area contributed by atoms with Gasteiger partial charge >= 0.3 is 5.97 Å². The van der Waals surface area contributed by atoms with Crippen LogP contribution in [0.25, 0.3) is 0 Å². The second-order valence-electron chi connectivity index (χ2n) is 4.74. The summed E-state index contributed by atoms with van der Waals surface area (Å²) in [5.41, 5.74) is 0.854. The monoisotopic (exact) mass is 354 g/mol. The quantitative estimate of drug-likeness (QED) is 0.834. The number of hydrogen-bond acceptors (Lipinski definition) is 5. The number of methoxy groups -OCH3 is 1. The van der Waals surface area contributed by atoms with Crippen LogP contribution >= 0.6 is 11.6 Å². The first-order valence-electron chi connectivity index (χ1n) is 6.64. The van der Waals surface area contributed by atoms with Crippen molar-refractivity contribution in [3.05, 3.63) is 52.7 Å². The van der Waals surface area contributed by atoms with Crippen LogP contribution in [0.3, 0.4) is 0 Å². The normalized spacial score (nSPS) is 11.1. The number of pyridine rings is 1. The number of esters is 1. The van der Waals surface area contributed by atoms with Crippen LogP contribution < -0.4 is 4.72 Å². The van der Waals surface area contributed by atoms with E-state index in [-0.39, 0.29) is 17.1 Å². The van der Waals surface area contributed by atoms with E-state index in [0.29, 0.717) is 16.3 Å². The molecule has 2 rings (SSSR count). The number of benzene rings is 1. The minimum atomic E-state index is -3.83. The fourth-order valence-electron chi connectivity index (χ4n) is 1.93. The topological polar surface area (TPSA) is 85.4 Å². The summed E-state index contributed by atoms with van der Waals surface area (Å²) in [5, 5.41) is 0.361. The molecule has 1 aromatic heterocycles. The molecule has 6 nitrogen and oxygen atoms in total. The molecular formula is C15H15ClN2O4S. The Bertz CT molecular complexity index is 837. The van der Waals surface area contributed by atoms with Crippen molar-refractivity contribution < 1.29 is 17.9 Å². The molecule has 0 radical (unpaired) electrons. The van der Waals surface area contributed by atoms with E-state index in [1.807, 2.05) is 0 Å². The molecule has 1 N–H and O–H groups in total. The second-order valence-corrected chi connectivity index (χ2v) is 6.79. The average molecular weight is 355 g/mol. The van der Waals surface area contributed by atoms with Crippen LogP contribution in [0.4, 0.5) is 5.82 Å². The summed E-state index contributed by atoms with van der Waals surface area (Å²) in [7, 11) is -2.56. The van der Waals surface area contributed by atoms with Crippen LogP contribution in [0, 0.1) is 6.92 Å². The second kappa shape index (κ2) is 6.97. The van der Waals surface area contributed by atoms with Crippen molar-refractivity contribution in [1.29, 1.82) is 0 Å². The standard InChI is InChI=1S/C15H15ClN2O4S/c1-10-12(16)6-4-7-13(10)23(20,21)18-14-8-3-5-11(17-14)9-15(19)22-2/h3-8H,9H2,1-2H3,(H,17,18). The lowest BCUT2D eigenvalue weighted by Crippen LogP contribution is -2.16. The zero-order valence-electron chi connectivity index (χ0n) is 12.5. The number of aromatic nitrogens is 1. The lowest BCUT2D eigenvalue weighted by Gasteiger charge is -2.11. The highest BCUT2D eigenvalue weighted by atomic mass is 35.5. The first kappa shape index (κ1) is 17.2. The van der Waals surface area contributed by atoms with Crippen molar-refractivity contribution >= 4 is 33.4 Å². The molecule has 1 aromatic carbocycles. The third kappa shape index (κ3) is 4.20. The Morgan fingerprint density at radius 1 is 1.26 bits per heavy atom. The van der Waals surface area contributed by atoms with E-state index in [2.05, 4.69) is 14.4 Å². The first-order valence-corrected chi connectivity index (χ1v) is 8.50. The predicted molar refractivity (Wildman–Crippen MR) is 87.0 cm³/mol. The average Bonchev–Trinajstić information content (AvgIpc) is 2.49. The first-order chi connectivity index (χ1) is 10.8. The molecular weight excluding hydrogens is 340 g/mol. The smallest absolute Gasteiger partial charge is 0.311 e. The van der Waals surface area contributed by atoms with Crippen LogP contribution in [0.15, 0.2) is 41.3 Å². The Kier molecular flexibility index (Phi) is 5.23. The summed E-state index contributed by atoms with van der Waals surface area (Å²) in [6.45, 7) is 1.62. The number of sulfonamides is 1. The van der Waals surface area contributed by atoms with Gasteiger partial charge in [-0.2, -0.15) is 0 Å². The SMILES string of the molecule is COC(=O)Cc1cccc(NS(=O)(=O)c2cccc(Cl)c2C)n1. The van der Waals surface area contributed by atoms with Crippen LogP contribution in [0.5, 0.6) is 0 Å². The zero-order valence-corrected chi connectivity index (χ0v) is 14.1. The number of anilines is 1. The van der Waals surface area contributed by atoms with Gasteiger partial charge in [-0.05, 0) is 36.8 Å². The van der Waals surface area contributed by atoms with Gasteiger partial charge in [-0.25, -0.2) is 13.4 Å². The summed E-state index contributed by atoms with van der Waals surface area (Å²) in [6, 6.07) is 9.35. The number of halogens is 1. The van der Waals surface area contributed by atoms with Crippen molar-refractivity contribution in [2.75, 3.05) is 11.8 Å². The molecule has 0 aliphatic carbocycles. The number of nitrogens with one attached hydrogen (secondary N) is 1. The Hall–Kier alpha value is -2.12. The number of rotatable bonds is 5. The molecule has 0 spiro atoms. The number of hydrogen-bond donors (Lipinski definition) is 1. The van der Waals surface area contributed by atoms with Crippen LogP contribution in [-0.2, 0) is 26.0 Å². The molecule has 0 unspecified atom stereocenters. The Balaban J connectivity index is 2.29. The highest BCUT2D eigenvalue weighted by Crippen LogP contribution is 2.24. The van der Waals surface area contributed by atoms with Gasteiger partial charge in [0.2, 0.25) is 0 Å². The van der Waals surface area contributed by atoms with Gasteiger partial charge in [-0.15, -0.1) is 0 Å². The molecule has 0 saturated heterocycles. The Morgan fingerprint density at radius 2 is 1.96 bits per heavy atom. The van der Waals surface area contributed by atoms with Gasteiger partial charge in [0.1, 0.15) is 5.82 Å². The Morgan fingerprint density at radius 3 is 2.65 bits per heavy atom. The molecule has 2 aromatic rings. The lowest BCUT2D eigenvalue weighted by molar-refractivity contribution is -0.139. The fraction of sp³-hybridized carbons (Fsp3) is 0.200. The maximum Gasteiger partial charge on any atom is 0.311 e. The van der Waals surface area contributed by atoms with E-state index in [4.69, 9.17) is 11.6 Å². The predicted octanol–water partition coefficient (Wildman–Crippen LogP) is 2.56. The van der Waals surface area contributed by atoms with E-state index in [1.54, 1.807) is 31.2 Å². The molecule has 0 atom stereocenters. The van der Waals surface area contributed by atoms with E-state index in [0.717, 1.165) is 0 Å². The lowest BCUT2D eigenvalue weighted by atomic mass is 10.2. The molecule has 0 amide bonds. The maximum absolute atomic E-state index is 12.5. The number of nitrogens with zero attached hydrogens (tertiary/aromatic N) is 1. The summed E-state index contributed by atoms with van der Waals surface area (Å²) in [4.78, 5) is 15.4. The van der Waals surface area contributed by atoms with Crippen LogP contribution in [0.1, 0.15) is 11.3 Å². The van der Waals surface area contributed by atoms with Gasteiger partial charge in [0.05, 0.1) is 24.1 Å². The van der Waals surface area contributed by atoms with Gasteiger partial charge in [0, 0.05) is 5.02 Å². The van der Waals surface area contributed by atoms with Crippen LogP contribution in [0.2, 0.25) is 5.02 Å². The van der Waals surface area contributed by atoms with Crippen molar-refractivity contribution in [3.8, 4) is 0 Å². The number of carbonyl (C=O) groups excluding carboxylic acids is 1. The van der Waals surface area contributed by atoms with E-state index >= 15 is 0 Å². The minimum Gasteiger partial charge on any atom is -0.469 e. The third-order valence-corrected chi connectivity index (χ3v) is 5.01. The van der Waals surface area contributed by atoms with E-state index in [1.165, 1.54) is 19.2 Å². The molecule has 0 aliphatic heterocycles. The number of ether oxygens (including phenoxy) is 1. The van der Waals surface area contributed by atoms with Crippen molar-refractivity contribution in [2.45, 2.75) is 18.2 Å². The number of carbonyl (C=O) groups is 1. The van der Waals surface area contributed by atoms with E-state index in [9.17, 15) is 13.2 Å². The fourth-order valence-corrected chi connectivity index (χ4v) is 3.43. The summed E-state index contributed by atoms with van der Waals surface area (Å²) < 4.78 is 31.9. The molecule has 8 heteroatoms. The molecule has 0 fully saturated rings. The minimum absolute atomic E-state index is 0.0394. The molecule has 1 heterocycles. The van der Waals surface area contributed by atoms with Gasteiger partial charge in [-0.1, -0.05) is 23.7 Å². The van der Waals surface area contributed by atoms with Gasteiger partial charge in [-0.3, -0.25) is 9.52 Å². The highest BCUT2D eigenvalue weighted by molar-refractivity contribution is 7.92. The highest BCUT2D eigenvalue weighted by Gasteiger charge is 2.19. The molecule has 23 heavy (non-hydrogen) atoms. The summed E-state index contributed by atoms with van der Waals surface area (Å²) in [6.07, 6.45) is -0.0394. The molecule has 0 saturated carbocycles. The van der Waals surface area contributed by atoms with Gasteiger partial charge < -0.3 is 4.74 Å².